The molecule has 8 heteroatoms. The summed E-state index contributed by atoms with van der Waals surface area (Å²) in [5.41, 5.74) is 0.666. The molecule has 0 aromatic carbocycles. The second-order valence-electron chi connectivity index (χ2n) is 3.09. The van der Waals surface area contributed by atoms with Gasteiger partial charge in [-0.25, -0.2) is 8.42 Å². The summed E-state index contributed by atoms with van der Waals surface area (Å²) in [4.78, 5) is 0. The van der Waals surface area contributed by atoms with Crippen molar-refractivity contribution >= 4 is 21.2 Å². The highest BCUT2D eigenvalue weighted by Gasteiger charge is 2.15. The van der Waals surface area contributed by atoms with Gasteiger partial charge in [-0.2, -0.15) is 4.73 Å². The highest BCUT2D eigenvalue weighted by atomic mass is 32.2. The van der Waals surface area contributed by atoms with Crippen LogP contribution in [0.3, 0.4) is 0 Å². The van der Waals surface area contributed by atoms with Crippen molar-refractivity contribution in [3.8, 4) is 10.6 Å². The standard InChI is InChI=1S/C8H7N3O3S2/c1-16(13,14)8-10-9-7(15-8)6-2-4-11(12)5-3-6/h2-5H,1H3. The number of hydrogen-bond donors (Lipinski definition) is 0. The molecule has 0 unspecified atom stereocenters. The van der Waals surface area contributed by atoms with Crippen molar-refractivity contribution in [2.24, 2.45) is 0 Å². The SMILES string of the molecule is CS(=O)(=O)c1nnc(-c2cc[n+]([O-])cc2)s1. The molecule has 0 aliphatic rings. The summed E-state index contributed by atoms with van der Waals surface area (Å²) >= 11 is 0.977. The Balaban J connectivity index is 2.43. The minimum atomic E-state index is -3.32. The fraction of sp³-hybridized carbons (Fsp3) is 0.125. The van der Waals surface area contributed by atoms with Crippen molar-refractivity contribution < 1.29 is 13.1 Å². The lowest BCUT2D eigenvalue weighted by Gasteiger charge is -1.95. The van der Waals surface area contributed by atoms with E-state index >= 15 is 0 Å². The second kappa shape index (κ2) is 3.80. The van der Waals surface area contributed by atoms with E-state index in [0.29, 0.717) is 15.3 Å². The van der Waals surface area contributed by atoms with Gasteiger partial charge in [0.05, 0.1) is 0 Å². The molecule has 2 heterocycles. The zero-order valence-electron chi connectivity index (χ0n) is 8.19. The minimum Gasteiger partial charge on any atom is -0.619 e. The zero-order chi connectivity index (χ0) is 11.8. The van der Waals surface area contributed by atoms with Crippen molar-refractivity contribution in [2.45, 2.75) is 4.34 Å². The predicted molar refractivity (Wildman–Crippen MR) is 57.4 cm³/mol. The summed E-state index contributed by atoms with van der Waals surface area (Å²) in [5.74, 6) is 0. The van der Waals surface area contributed by atoms with Crippen LogP contribution >= 0.6 is 11.3 Å². The van der Waals surface area contributed by atoms with Gasteiger partial charge < -0.3 is 5.21 Å². The smallest absolute Gasteiger partial charge is 0.232 e. The van der Waals surface area contributed by atoms with E-state index in [2.05, 4.69) is 10.2 Å². The maximum Gasteiger partial charge on any atom is 0.232 e. The average molecular weight is 257 g/mol. The van der Waals surface area contributed by atoms with Crippen molar-refractivity contribution in [1.29, 1.82) is 0 Å². The maximum atomic E-state index is 11.2. The highest BCUT2D eigenvalue weighted by Crippen LogP contribution is 2.24. The number of hydrogen-bond acceptors (Lipinski definition) is 6. The largest absolute Gasteiger partial charge is 0.619 e. The normalized spacial score (nSPS) is 11.6. The maximum absolute atomic E-state index is 11.2. The summed E-state index contributed by atoms with van der Waals surface area (Å²) in [6.45, 7) is 0. The van der Waals surface area contributed by atoms with Crippen LogP contribution in [0.15, 0.2) is 28.9 Å². The van der Waals surface area contributed by atoms with E-state index < -0.39 is 9.84 Å². The number of sulfone groups is 1. The van der Waals surface area contributed by atoms with Crippen LogP contribution in [0.25, 0.3) is 10.6 Å². The topological polar surface area (TPSA) is 86.9 Å². The van der Waals surface area contributed by atoms with Gasteiger partial charge in [0.25, 0.3) is 0 Å². The van der Waals surface area contributed by atoms with E-state index in [1.54, 1.807) is 12.1 Å². The van der Waals surface area contributed by atoms with E-state index in [1.165, 1.54) is 12.4 Å². The van der Waals surface area contributed by atoms with Crippen LogP contribution in [0.5, 0.6) is 0 Å². The Morgan fingerprint density at radius 3 is 2.44 bits per heavy atom. The molecule has 0 aliphatic heterocycles. The number of pyridine rings is 1. The molecule has 0 aliphatic carbocycles. The van der Waals surface area contributed by atoms with Crippen LogP contribution < -0.4 is 4.73 Å². The molecule has 84 valence electrons. The van der Waals surface area contributed by atoms with Crippen molar-refractivity contribution in [3.63, 3.8) is 0 Å². The van der Waals surface area contributed by atoms with Crippen molar-refractivity contribution in [3.05, 3.63) is 29.7 Å². The molecule has 0 atom stereocenters. The first-order chi connectivity index (χ1) is 7.47. The molecule has 0 amide bonds. The molecule has 2 aromatic rings. The summed E-state index contributed by atoms with van der Waals surface area (Å²) in [7, 11) is -3.32. The fourth-order valence-electron chi connectivity index (χ4n) is 1.03. The molecular formula is C8H7N3O3S2. The van der Waals surface area contributed by atoms with Crippen LogP contribution in [-0.4, -0.2) is 24.9 Å². The third kappa shape index (κ3) is 2.17. The zero-order valence-corrected chi connectivity index (χ0v) is 9.83. The third-order valence-electron chi connectivity index (χ3n) is 1.77. The molecule has 0 saturated heterocycles. The van der Waals surface area contributed by atoms with Gasteiger partial charge in [0.2, 0.25) is 14.2 Å². The van der Waals surface area contributed by atoms with Gasteiger partial charge in [0.1, 0.15) is 5.01 Å². The van der Waals surface area contributed by atoms with Crippen LogP contribution in [0.2, 0.25) is 0 Å². The van der Waals surface area contributed by atoms with Crippen LogP contribution in [0.1, 0.15) is 0 Å². The van der Waals surface area contributed by atoms with Gasteiger partial charge in [-0.15, -0.1) is 10.2 Å². The second-order valence-corrected chi connectivity index (χ2v) is 6.26. The molecule has 6 nitrogen and oxygen atoms in total. The van der Waals surface area contributed by atoms with Gasteiger partial charge in [-0.1, -0.05) is 11.3 Å². The quantitative estimate of drug-likeness (QED) is 0.568. The summed E-state index contributed by atoms with van der Waals surface area (Å²) < 4.78 is 23.0. The van der Waals surface area contributed by atoms with Crippen LogP contribution in [-0.2, 0) is 9.84 Å². The first kappa shape index (κ1) is 11.0. The van der Waals surface area contributed by atoms with E-state index in [-0.39, 0.29) is 4.34 Å². The molecule has 0 bridgehead atoms. The third-order valence-corrected chi connectivity index (χ3v) is 4.41. The Hall–Kier alpha value is -1.54. The highest BCUT2D eigenvalue weighted by molar-refractivity contribution is 7.92. The van der Waals surface area contributed by atoms with Crippen LogP contribution in [0, 0.1) is 5.21 Å². The Morgan fingerprint density at radius 2 is 1.94 bits per heavy atom. The number of rotatable bonds is 2. The van der Waals surface area contributed by atoms with E-state index in [4.69, 9.17) is 0 Å². The first-order valence-electron chi connectivity index (χ1n) is 4.19. The summed E-state index contributed by atoms with van der Waals surface area (Å²) in [6, 6.07) is 3.11. The van der Waals surface area contributed by atoms with Gasteiger partial charge >= 0.3 is 0 Å². The monoisotopic (exact) mass is 257 g/mol. The summed E-state index contributed by atoms with van der Waals surface area (Å²) in [6.07, 6.45) is 3.71. The summed E-state index contributed by atoms with van der Waals surface area (Å²) in [5, 5.41) is 18.6. The molecule has 0 radical (unpaired) electrons. The molecule has 2 rings (SSSR count). The Labute approximate surface area is 95.7 Å². The molecule has 0 N–H and O–H groups in total. The lowest BCUT2D eigenvalue weighted by atomic mass is 10.3. The first-order valence-corrected chi connectivity index (χ1v) is 6.90. The number of nitrogens with zero attached hydrogens (tertiary/aromatic N) is 3. The van der Waals surface area contributed by atoms with Gasteiger partial charge in [-0.05, 0) is 0 Å². The Bertz CT molecular complexity index is 604. The van der Waals surface area contributed by atoms with Gasteiger partial charge in [-0.3, -0.25) is 0 Å². The molecular weight excluding hydrogens is 250 g/mol. The Morgan fingerprint density at radius 1 is 1.31 bits per heavy atom. The van der Waals surface area contributed by atoms with E-state index in [9.17, 15) is 13.6 Å². The van der Waals surface area contributed by atoms with Gasteiger partial charge in [0.15, 0.2) is 12.4 Å². The molecule has 0 fully saturated rings. The molecule has 16 heavy (non-hydrogen) atoms. The van der Waals surface area contributed by atoms with E-state index in [1.807, 2.05) is 0 Å². The molecule has 2 aromatic heterocycles. The fourth-order valence-corrected chi connectivity index (χ4v) is 2.65. The molecule has 0 saturated carbocycles. The average Bonchev–Trinajstić information content (AvgIpc) is 2.67. The Kier molecular flexibility index (Phi) is 2.60. The van der Waals surface area contributed by atoms with Crippen LogP contribution in [0.4, 0.5) is 0 Å². The van der Waals surface area contributed by atoms with Crippen molar-refractivity contribution in [2.75, 3.05) is 6.26 Å². The number of aromatic nitrogens is 3. The van der Waals surface area contributed by atoms with Gasteiger partial charge in [0, 0.05) is 24.0 Å². The van der Waals surface area contributed by atoms with E-state index in [0.717, 1.165) is 17.6 Å². The minimum absolute atomic E-state index is 0.0265. The molecule has 0 spiro atoms. The van der Waals surface area contributed by atoms with Crippen molar-refractivity contribution in [1.82, 2.24) is 10.2 Å². The lowest BCUT2D eigenvalue weighted by molar-refractivity contribution is -0.605. The lowest BCUT2D eigenvalue weighted by Crippen LogP contribution is -2.23. The predicted octanol–water partition coefficient (Wildman–Crippen LogP) is 0.242.